The van der Waals surface area contributed by atoms with E-state index in [1.807, 2.05) is 29.2 Å². The van der Waals surface area contributed by atoms with Gasteiger partial charge in [0.15, 0.2) is 0 Å². The Hall–Kier alpha value is -7.61. The van der Waals surface area contributed by atoms with Crippen LogP contribution >= 0.6 is 0 Å². The van der Waals surface area contributed by atoms with Gasteiger partial charge in [-0.2, -0.15) is 0 Å². The van der Waals surface area contributed by atoms with Crippen LogP contribution in [0.25, 0.3) is 10.9 Å². The van der Waals surface area contributed by atoms with Crippen LogP contribution in [0.3, 0.4) is 0 Å². The molecule has 28 heteroatoms. The van der Waals surface area contributed by atoms with Crippen molar-refractivity contribution in [2.24, 2.45) is 23.7 Å². The number of nitrogens with zero attached hydrogens (tertiary/aromatic N) is 5. The number of anilines is 3. The number of carbonyl (C=O) groups is 3. The van der Waals surface area contributed by atoms with Crippen LogP contribution in [0.1, 0.15) is 98.0 Å². The highest BCUT2D eigenvalue weighted by Crippen LogP contribution is 2.49. The van der Waals surface area contributed by atoms with E-state index in [9.17, 15) is 44.8 Å². The van der Waals surface area contributed by atoms with Crippen molar-refractivity contribution < 1.29 is 67.6 Å². The molecule has 2 spiro atoms. The minimum Gasteiger partial charge on any atom is -0.490 e. The van der Waals surface area contributed by atoms with E-state index in [0.717, 1.165) is 108 Å². The van der Waals surface area contributed by atoms with Crippen molar-refractivity contribution in [3.63, 3.8) is 0 Å². The van der Waals surface area contributed by atoms with Gasteiger partial charge in [-0.3, -0.25) is 34.6 Å². The Balaban J connectivity index is 0.000000393. The first kappa shape index (κ1) is 79.9. The number of nitrogens with one attached hydrogen (secondary N) is 7. The average molecular weight is 1460 g/mol. The first-order valence-electron chi connectivity index (χ1n) is 37.8. The fourth-order valence-electron chi connectivity index (χ4n) is 15.8. The standard InChI is InChI=1S/C56H79N9O15.C21H33N3O/c1-40-6-8-45-48(34-40)60-39-56(45)14-20-62(37-41(56)2)38-51(66)42-12-18-63(19-13-42)55(69)49-36-44-46(61-49)4-3-5-52(44)80-33-32-79-31-30-78-29-26-76-23-17-59-54(68)11-10-53(67)58-16-22-75-25-28-77-27-24-74-21-15-57-47-9-7-43(64(70)71)35-50(47)65(72)73;1-15-3-4-18-19(11-15)23-14-21(18)7-10-24(12-16(21)2)13-20(25)17-5-8-22-9-6-17/h3-9,34-36,41-42,51,57,60-61,66H,10-33,37-39H2,1-2H3,(H,58,67)(H,59,68);3-4,11,16-17,20,22-23,25H,5-10,12-14H2,1-2H3/t41-,51-,56+;16-,20-,21+/m11/s1. The quantitative estimate of drug-likeness (QED) is 0.0107. The molecule has 9 N–H and O–H groups in total. The Morgan fingerprint density at radius 2 is 1.09 bits per heavy atom. The Bertz CT molecular complexity index is 3630. The summed E-state index contributed by atoms with van der Waals surface area (Å²) in [5.41, 5.74) is 9.34. The molecule has 3 amide bonds. The maximum Gasteiger partial charge on any atom is 0.299 e. The van der Waals surface area contributed by atoms with Crippen molar-refractivity contribution >= 4 is 57.1 Å². The number of aryl methyl sites for hydroxylation is 2. The smallest absolute Gasteiger partial charge is 0.299 e. The number of piperidine rings is 4. The maximum atomic E-state index is 13.7. The SMILES string of the molecule is Cc1ccc2c(c1)NC[C@]21CCN(C[C@@H](O)C2CCN(C(=O)c3cc4c(OCCOCCOCCOCCNC(=O)CCC(=O)NCCOCCOCCOCCNc5ccc([N+](=O)[O-])cc5[N+](=O)[O-])cccc4[nH]3)CC2)C[C@H]1C.Cc1ccc2c(c1)NC[C@]21CCN(C[C@@H](O)C2CCNCC2)C[C@H]1C. The lowest BCUT2D eigenvalue weighted by atomic mass is 9.67. The van der Waals surface area contributed by atoms with Gasteiger partial charge in [-0.1, -0.05) is 44.2 Å². The minimum absolute atomic E-state index is 0.0353. The molecule has 7 heterocycles. The first-order valence-corrected chi connectivity index (χ1v) is 37.8. The van der Waals surface area contributed by atoms with E-state index < -0.39 is 21.6 Å². The predicted molar refractivity (Wildman–Crippen MR) is 402 cm³/mol. The molecule has 6 aliphatic heterocycles. The maximum absolute atomic E-state index is 13.7. The molecular formula is C77H112N12O16. The second-order valence-corrected chi connectivity index (χ2v) is 29.1. The molecule has 6 atom stereocenters. The third-order valence-electron chi connectivity index (χ3n) is 22.0. The first-order chi connectivity index (χ1) is 50.9. The van der Waals surface area contributed by atoms with E-state index >= 15 is 0 Å². The number of rotatable bonds is 38. The Kier molecular flexibility index (Phi) is 30.3. The number of H-pyrrole nitrogens is 1. The van der Waals surface area contributed by atoms with Gasteiger partial charge in [0.05, 0.1) is 107 Å². The number of fused-ring (bicyclic) bond motifs is 5. The Morgan fingerprint density at radius 3 is 1.59 bits per heavy atom. The van der Waals surface area contributed by atoms with Crippen LogP contribution in [-0.2, 0) is 48.8 Å². The number of hydrogen-bond donors (Lipinski definition) is 9. The van der Waals surface area contributed by atoms with E-state index in [4.69, 9.17) is 33.2 Å². The Labute approximate surface area is 616 Å². The van der Waals surface area contributed by atoms with Gasteiger partial charge in [-0.15, -0.1) is 0 Å². The number of aromatic nitrogens is 1. The van der Waals surface area contributed by atoms with Crippen LogP contribution in [0.5, 0.6) is 5.75 Å². The van der Waals surface area contributed by atoms with Gasteiger partial charge in [0.2, 0.25) is 11.8 Å². The highest BCUT2D eigenvalue weighted by Gasteiger charge is 2.48. The lowest BCUT2D eigenvalue weighted by Crippen LogP contribution is -2.52. The number of non-ortho nitro benzene ring substituents is 1. The molecule has 0 saturated carbocycles. The van der Waals surface area contributed by atoms with E-state index in [2.05, 4.69) is 111 Å². The highest BCUT2D eigenvalue weighted by molar-refractivity contribution is 5.99. The number of β-amino-alcohol motifs (C(OH)–C–C–N with tert-alkyl or cyclic N) is 2. The molecular weight excluding hydrogens is 1350 g/mol. The van der Waals surface area contributed by atoms with Gasteiger partial charge in [0.25, 0.3) is 17.3 Å². The molecule has 6 aliphatic rings. The molecule has 0 radical (unpaired) electrons. The fraction of sp³-hybridized carbons (Fsp3) is 0.623. The fourth-order valence-corrected chi connectivity index (χ4v) is 15.8. The molecule has 105 heavy (non-hydrogen) atoms. The second-order valence-electron chi connectivity index (χ2n) is 29.1. The molecule has 576 valence electrons. The van der Waals surface area contributed by atoms with E-state index in [-0.39, 0.29) is 97.7 Å². The molecule has 0 aliphatic carbocycles. The lowest BCUT2D eigenvalue weighted by molar-refractivity contribution is -0.393. The molecule has 4 saturated heterocycles. The molecule has 4 fully saturated rings. The number of likely N-dealkylation sites (tertiary alicyclic amines) is 3. The number of aliphatic hydroxyl groups excluding tert-OH is 2. The zero-order chi connectivity index (χ0) is 74.1. The predicted octanol–water partition coefficient (Wildman–Crippen LogP) is 7.17. The van der Waals surface area contributed by atoms with Crippen molar-refractivity contribution in [2.45, 2.75) is 102 Å². The summed E-state index contributed by atoms with van der Waals surface area (Å²) in [6, 6.07) is 24.6. The van der Waals surface area contributed by atoms with Crippen molar-refractivity contribution in [3.8, 4) is 5.75 Å². The molecule has 5 aromatic rings. The molecule has 1 aromatic heterocycles. The topological polar surface area (TPSA) is 340 Å². The van der Waals surface area contributed by atoms with E-state index in [0.29, 0.717) is 121 Å². The van der Waals surface area contributed by atoms with Crippen LogP contribution in [0.15, 0.2) is 78.9 Å². The molecule has 11 rings (SSSR count). The van der Waals surface area contributed by atoms with Gasteiger partial charge in [-0.25, -0.2) is 0 Å². The van der Waals surface area contributed by atoms with Crippen molar-refractivity contribution in [1.29, 1.82) is 0 Å². The van der Waals surface area contributed by atoms with Gasteiger partial charge in [-0.05, 0) is 161 Å². The molecule has 4 aromatic carbocycles. The number of nitro benzene ring substituents is 2. The van der Waals surface area contributed by atoms with Crippen LogP contribution in [-0.4, -0.2) is 254 Å². The molecule has 28 nitrogen and oxygen atoms in total. The zero-order valence-electron chi connectivity index (χ0n) is 61.8. The normalized spacial score (nSPS) is 21.1. The second kappa shape index (κ2) is 39.8. The summed E-state index contributed by atoms with van der Waals surface area (Å²) in [6.45, 7) is 25.0. The third-order valence-corrected chi connectivity index (χ3v) is 22.0. The largest absolute Gasteiger partial charge is 0.490 e. The number of aromatic amines is 1. The van der Waals surface area contributed by atoms with Crippen LogP contribution < -0.4 is 36.6 Å². The zero-order valence-corrected chi connectivity index (χ0v) is 61.8. The summed E-state index contributed by atoms with van der Waals surface area (Å²) in [5.74, 6) is 1.79. The lowest BCUT2D eigenvalue weighted by Gasteiger charge is -2.46. The van der Waals surface area contributed by atoms with Crippen molar-refractivity contribution in [1.82, 2.24) is 35.6 Å². The summed E-state index contributed by atoms with van der Waals surface area (Å²) in [5, 5.41) is 64.0. The number of amides is 3. The van der Waals surface area contributed by atoms with Crippen LogP contribution in [0.4, 0.5) is 28.4 Å². The van der Waals surface area contributed by atoms with E-state index in [1.54, 1.807) is 0 Å². The summed E-state index contributed by atoms with van der Waals surface area (Å²) >= 11 is 0. The number of ether oxygens (including phenoxy) is 7. The van der Waals surface area contributed by atoms with E-state index in [1.165, 1.54) is 52.2 Å². The third kappa shape index (κ3) is 22.3. The average Bonchev–Trinajstić information content (AvgIpc) is 1.63. The number of hydrogen-bond acceptors (Lipinski definition) is 22. The van der Waals surface area contributed by atoms with Crippen LogP contribution in [0.2, 0.25) is 0 Å². The van der Waals surface area contributed by atoms with Gasteiger partial charge in [0.1, 0.15) is 23.7 Å². The van der Waals surface area contributed by atoms with Crippen molar-refractivity contribution in [2.75, 3.05) is 200 Å². The highest BCUT2D eigenvalue weighted by atomic mass is 16.6. The number of benzene rings is 4. The molecule has 0 bridgehead atoms. The Morgan fingerprint density at radius 1 is 0.590 bits per heavy atom. The monoisotopic (exact) mass is 1460 g/mol. The van der Waals surface area contributed by atoms with Gasteiger partial charge in [0, 0.05) is 124 Å². The summed E-state index contributed by atoms with van der Waals surface area (Å²) < 4.78 is 39.2. The minimum atomic E-state index is -0.696. The summed E-state index contributed by atoms with van der Waals surface area (Å²) in [4.78, 5) is 68.8. The number of nitro groups is 2. The summed E-state index contributed by atoms with van der Waals surface area (Å²) in [7, 11) is 0. The van der Waals surface area contributed by atoms with Gasteiger partial charge < -0.3 is 95.0 Å². The number of carbonyl (C=O) groups excluding carboxylic acids is 3. The molecule has 0 unspecified atom stereocenters. The van der Waals surface area contributed by atoms with Gasteiger partial charge >= 0.3 is 0 Å². The summed E-state index contributed by atoms with van der Waals surface area (Å²) in [6.07, 6.45) is 5.51. The van der Waals surface area contributed by atoms with Crippen molar-refractivity contribution in [3.05, 3.63) is 127 Å². The number of aliphatic hydroxyl groups is 2. The van der Waals surface area contributed by atoms with Crippen LogP contribution in [0, 0.1) is 57.7 Å².